The lowest BCUT2D eigenvalue weighted by Crippen LogP contribution is -2.23. The second-order valence-corrected chi connectivity index (χ2v) is 4.91. The van der Waals surface area contributed by atoms with Crippen LogP contribution in [0.25, 0.3) is 0 Å². The standard InChI is InChI=1S/C12H14ClN/c13-10-5-3-4-9-11(10)14-8-12(9)6-1-2-7-12/h3-5,14H,1-2,6-8H2. The lowest BCUT2D eigenvalue weighted by atomic mass is 9.81. The highest BCUT2D eigenvalue weighted by Gasteiger charge is 2.41. The Morgan fingerprint density at radius 3 is 2.79 bits per heavy atom. The zero-order chi connectivity index (χ0) is 9.60. The molecule has 0 radical (unpaired) electrons. The number of para-hydroxylation sites is 1. The molecule has 2 aliphatic rings. The number of nitrogens with one attached hydrogen (secondary N) is 1. The molecule has 1 saturated carbocycles. The van der Waals surface area contributed by atoms with Gasteiger partial charge in [-0.1, -0.05) is 36.6 Å². The summed E-state index contributed by atoms with van der Waals surface area (Å²) in [5, 5.41) is 4.35. The van der Waals surface area contributed by atoms with Gasteiger partial charge in [-0.3, -0.25) is 0 Å². The summed E-state index contributed by atoms with van der Waals surface area (Å²) in [5.41, 5.74) is 3.07. The first-order valence-corrected chi connectivity index (χ1v) is 5.73. The zero-order valence-electron chi connectivity index (χ0n) is 8.15. The molecule has 3 rings (SSSR count). The van der Waals surface area contributed by atoms with Crippen molar-refractivity contribution in [3.8, 4) is 0 Å². The fourth-order valence-electron chi connectivity index (χ4n) is 3.00. The van der Waals surface area contributed by atoms with Gasteiger partial charge in [0.15, 0.2) is 0 Å². The Morgan fingerprint density at radius 2 is 2.00 bits per heavy atom. The van der Waals surface area contributed by atoms with Gasteiger partial charge in [0, 0.05) is 12.0 Å². The number of fused-ring (bicyclic) bond motifs is 2. The minimum atomic E-state index is 0.417. The van der Waals surface area contributed by atoms with Crippen LogP contribution in [-0.4, -0.2) is 6.54 Å². The van der Waals surface area contributed by atoms with Crippen molar-refractivity contribution in [3.63, 3.8) is 0 Å². The maximum Gasteiger partial charge on any atom is 0.0640 e. The Kier molecular flexibility index (Phi) is 1.78. The van der Waals surface area contributed by atoms with E-state index in [4.69, 9.17) is 11.6 Å². The molecule has 1 aliphatic heterocycles. The number of halogens is 1. The molecular formula is C12H14ClN. The predicted molar refractivity (Wildman–Crippen MR) is 60.1 cm³/mol. The zero-order valence-corrected chi connectivity index (χ0v) is 8.90. The van der Waals surface area contributed by atoms with Gasteiger partial charge < -0.3 is 5.32 Å². The summed E-state index contributed by atoms with van der Waals surface area (Å²) in [7, 11) is 0. The van der Waals surface area contributed by atoms with Crippen LogP contribution in [0.1, 0.15) is 31.2 Å². The third kappa shape index (κ3) is 1.02. The van der Waals surface area contributed by atoms with Gasteiger partial charge in [-0.15, -0.1) is 0 Å². The van der Waals surface area contributed by atoms with Gasteiger partial charge in [-0.05, 0) is 24.5 Å². The third-order valence-corrected chi connectivity index (χ3v) is 4.06. The molecule has 0 amide bonds. The van der Waals surface area contributed by atoms with Crippen LogP contribution in [-0.2, 0) is 5.41 Å². The van der Waals surface area contributed by atoms with E-state index in [0.717, 1.165) is 11.6 Å². The molecule has 1 aromatic rings. The molecule has 14 heavy (non-hydrogen) atoms. The lowest BCUT2D eigenvalue weighted by Gasteiger charge is -2.22. The fraction of sp³-hybridized carbons (Fsp3) is 0.500. The SMILES string of the molecule is Clc1cccc2c1NCC21CCCC1. The van der Waals surface area contributed by atoms with E-state index in [1.807, 2.05) is 6.07 Å². The molecule has 1 fully saturated rings. The van der Waals surface area contributed by atoms with E-state index in [0.29, 0.717) is 5.41 Å². The predicted octanol–water partition coefficient (Wildman–Crippen LogP) is 3.58. The number of hydrogen-bond acceptors (Lipinski definition) is 1. The van der Waals surface area contributed by atoms with Crippen molar-refractivity contribution in [3.05, 3.63) is 28.8 Å². The van der Waals surface area contributed by atoms with Gasteiger partial charge in [0.1, 0.15) is 0 Å². The van der Waals surface area contributed by atoms with E-state index >= 15 is 0 Å². The van der Waals surface area contributed by atoms with Crippen molar-refractivity contribution in [2.75, 3.05) is 11.9 Å². The summed E-state index contributed by atoms with van der Waals surface area (Å²) >= 11 is 6.17. The van der Waals surface area contributed by atoms with E-state index in [1.165, 1.54) is 36.9 Å². The van der Waals surface area contributed by atoms with Crippen LogP contribution in [0.5, 0.6) is 0 Å². The summed E-state index contributed by atoms with van der Waals surface area (Å²) in [6, 6.07) is 6.29. The number of rotatable bonds is 0. The van der Waals surface area contributed by atoms with Crippen molar-refractivity contribution in [2.24, 2.45) is 0 Å². The normalized spacial score (nSPS) is 22.4. The number of anilines is 1. The minimum absolute atomic E-state index is 0.417. The maximum absolute atomic E-state index is 6.17. The quantitative estimate of drug-likeness (QED) is 0.686. The Balaban J connectivity index is 2.14. The Bertz CT molecular complexity index is 367. The molecule has 1 N–H and O–H groups in total. The van der Waals surface area contributed by atoms with Crippen LogP contribution in [0.2, 0.25) is 5.02 Å². The molecule has 74 valence electrons. The molecule has 2 heteroatoms. The first-order valence-electron chi connectivity index (χ1n) is 5.35. The molecule has 0 unspecified atom stereocenters. The van der Waals surface area contributed by atoms with Crippen LogP contribution < -0.4 is 5.32 Å². The summed E-state index contributed by atoms with van der Waals surface area (Å²) in [6.07, 6.45) is 5.39. The first kappa shape index (κ1) is 8.60. The van der Waals surface area contributed by atoms with E-state index in [-0.39, 0.29) is 0 Å². The van der Waals surface area contributed by atoms with Crippen molar-refractivity contribution in [1.82, 2.24) is 0 Å². The molecule has 1 nitrogen and oxygen atoms in total. The smallest absolute Gasteiger partial charge is 0.0640 e. The molecule has 0 bridgehead atoms. The molecule has 1 aliphatic carbocycles. The Hall–Kier alpha value is -0.690. The van der Waals surface area contributed by atoms with E-state index in [9.17, 15) is 0 Å². The third-order valence-electron chi connectivity index (χ3n) is 3.75. The highest BCUT2D eigenvalue weighted by Crippen LogP contribution is 2.49. The minimum Gasteiger partial charge on any atom is -0.383 e. The molecular weight excluding hydrogens is 194 g/mol. The number of hydrogen-bond donors (Lipinski definition) is 1. The highest BCUT2D eigenvalue weighted by atomic mass is 35.5. The van der Waals surface area contributed by atoms with Gasteiger partial charge >= 0.3 is 0 Å². The van der Waals surface area contributed by atoms with Crippen molar-refractivity contribution >= 4 is 17.3 Å². The van der Waals surface area contributed by atoms with Crippen molar-refractivity contribution in [2.45, 2.75) is 31.1 Å². The highest BCUT2D eigenvalue weighted by molar-refractivity contribution is 6.33. The largest absolute Gasteiger partial charge is 0.383 e. The van der Waals surface area contributed by atoms with Crippen LogP contribution in [0.3, 0.4) is 0 Å². The fourth-order valence-corrected chi connectivity index (χ4v) is 3.24. The lowest BCUT2D eigenvalue weighted by molar-refractivity contribution is 0.489. The van der Waals surface area contributed by atoms with Crippen LogP contribution >= 0.6 is 11.6 Å². The Morgan fingerprint density at radius 1 is 1.21 bits per heavy atom. The second-order valence-electron chi connectivity index (χ2n) is 4.50. The van der Waals surface area contributed by atoms with Gasteiger partial charge in [0.05, 0.1) is 10.7 Å². The van der Waals surface area contributed by atoms with Crippen molar-refractivity contribution in [1.29, 1.82) is 0 Å². The van der Waals surface area contributed by atoms with E-state index in [2.05, 4.69) is 17.4 Å². The van der Waals surface area contributed by atoms with Crippen LogP contribution in [0.15, 0.2) is 18.2 Å². The topological polar surface area (TPSA) is 12.0 Å². The van der Waals surface area contributed by atoms with Gasteiger partial charge in [-0.25, -0.2) is 0 Å². The summed E-state index contributed by atoms with van der Waals surface area (Å²) in [6.45, 7) is 1.09. The summed E-state index contributed by atoms with van der Waals surface area (Å²) in [4.78, 5) is 0. The summed E-state index contributed by atoms with van der Waals surface area (Å²) < 4.78 is 0. The van der Waals surface area contributed by atoms with E-state index in [1.54, 1.807) is 0 Å². The molecule has 1 spiro atoms. The monoisotopic (exact) mass is 207 g/mol. The first-order chi connectivity index (χ1) is 6.82. The molecule has 0 atom stereocenters. The number of benzene rings is 1. The molecule has 0 saturated heterocycles. The molecule has 0 aromatic heterocycles. The average Bonchev–Trinajstić information content (AvgIpc) is 2.78. The van der Waals surface area contributed by atoms with Gasteiger partial charge in [0.25, 0.3) is 0 Å². The second kappa shape index (κ2) is 2.90. The van der Waals surface area contributed by atoms with Crippen LogP contribution in [0, 0.1) is 0 Å². The molecule has 1 aromatic carbocycles. The maximum atomic E-state index is 6.17. The van der Waals surface area contributed by atoms with Gasteiger partial charge in [-0.2, -0.15) is 0 Å². The average molecular weight is 208 g/mol. The van der Waals surface area contributed by atoms with E-state index < -0.39 is 0 Å². The van der Waals surface area contributed by atoms with Crippen molar-refractivity contribution < 1.29 is 0 Å². The van der Waals surface area contributed by atoms with Gasteiger partial charge in [0.2, 0.25) is 0 Å². The summed E-state index contributed by atoms with van der Waals surface area (Å²) in [5.74, 6) is 0. The molecule has 1 heterocycles. The van der Waals surface area contributed by atoms with Crippen LogP contribution in [0.4, 0.5) is 5.69 Å². The Labute approximate surface area is 89.5 Å².